The van der Waals surface area contributed by atoms with E-state index in [0.717, 1.165) is 0 Å². The largest absolute Gasteiger partial charge is 0.467 e. The minimum atomic E-state index is -0.453. The molecule has 17 heavy (non-hydrogen) atoms. The van der Waals surface area contributed by atoms with Crippen molar-refractivity contribution < 1.29 is 9.53 Å². The van der Waals surface area contributed by atoms with Gasteiger partial charge in [-0.25, -0.2) is 14.8 Å². The Morgan fingerprint density at radius 2 is 2.12 bits per heavy atom. The summed E-state index contributed by atoms with van der Waals surface area (Å²) in [4.78, 5) is 19.7. The van der Waals surface area contributed by atoms with E-state index in [4.69, 9.17) is 16.3 Å². The van der Waals surface area contributed by atoms with Crippen molar-refractivity contribution in [2.24, 2.45) is 5.92 Å². The smallest absolute Gasteiger partial charge is 0.328 e. The van der Waals surface area contributed by atoms with Crippen LogP contribution in [-0.4, -0.2) is 29.1 Å². The summed E-state index contributed by atoms with van der Waals surface area (Å²) in [5.41, 5.74) is 0. The molecule has 0 bridgehead atoms. The van der Waals surface area contributed by atoms with Crippen LogP contribution in [0.4, 0.5) is 5.82 Å². The van der Waals surface area contributed by atoms with Gasteiger partial charge in [0, 0.05) is 6.07 Å². The van der Waals surface area contributed by atoms with Crippen molar-refractivity contribution in [1.82, 2.24) is 9.97 Å². The SMILES string of the molecule is COC(=O)[C@H](Nc1cc(Cl)nc(C)n1)C(C)C. The lowest BCUT2D eigenvalue weighted by Crippen LogP contribution is -2.35. The van der Waals surface area contributed by atoms with Crippen LogP contribution in [0.1, 0.15) is 19.7 Å². The molecule has 1 rings (SSSR count). The summed E-state index contributed by atoms with van der Waals surface area (Å²) in [5.74, 6) is 0.822. The second-order valence-corrected chi connectivity index (χ2v) is 4.40. The quantitative estimate of drug-likeness (QED) is 0.661. The molecule has 1 heterocycles. The number of rotatable bonds is 4. The molecule has 0 fully saturated rings. The molecular weight excluding hydrogens is 242 g/mol. The van der Waals surface area contributed by atoms with Crippen molar-refractivity contribution in [3.05, 3.63) is 17.0 Å². The maximum Gasteiger partial charge on any atom is 0.328 e. The number of anilines is 1. The molecule has 6 heteroatoms. The Balaban J connectivity index is 2.89. The number of esters is 1. The molecule has 0 aliphatic rings. The number of carbonyl (C=O) groups excluding carboxylic acids is 1. The summed E-state index contributed by atoms with van der Waals surface area (Å²) >= 11 is 5.82. The van der Waals surface area contributed by atoms with Crippen LogP contribution in [0.3, 0.4) is 0 Å². The number of carbonyl (C=O) groups is 1. The van der Waals surface area contributed by atoms with E-state index in [-0.39, 0.29) is 11.9 Å². The number of nitrogens with one attached hydrogen (secondary N) is 1. The van der Waals surface area contributed by atoms with Gasteiger partial charge in [-0.05, 0) is 12.8 Å². The first kappa shape index (κ1) is 13.7. The van der Waals surface area contributed by atoms with Gasteiger partial charge in [0.15, 0.2) is 0 Å². The highest BCUT2D eigenvalue weighted by Crippen LogP contribution is 2.15. The molecule has 1 N–H and O–H groups in total. The summed E-state index contributed by atoms with van der Waals surface area (Å²) in [6, 6.07) is 1.12. The topological polar surface area (TPSA) is 64.1 Å². The molecule has 5 nitrogen and oxygen atoms in total. The van der Waals surface area contributed by atoms with Gasteiger partial charge in [-0.2, -0.15) is 0 Å². The van der Waals surface area contributed by atoms with E-state index >= 15 is 0 Å². The molecule has 0 radical (unpaired) electrons. The van der Waals surface area contributed by atoms with Crippen LogP contribution in [0.15, 0.2) is 6.07 Å². The molecule has 1 atom stereocenters. The predicted molar refractivity (Wildman–Crippen MR) is 66.0 cm³/mol. The number of ether oxygens (including phenoxy) is 1. The fourth-order valence-electron chi connectivity index (χ4n) is 1.39. The Morgan fingerprint density at radius 3 is 2.59 bits per heavy atom. The van der Waals surface area contributed by atoms with Crippen LogP contribution >= 0.6 is 11.6 Å². The number of halogens is 1. The summed E-state index contributed by atoms with van der Waals surface area (Å²) in [7, 11) is 1.36. The van der Waals surface area contributed by atoms with Crippen molar-refractivity contribution in [3.63, 3.8) is 0 Å². The van der Waals surface area contributed by atoms with Gasteiger partial charge in [0.1, 0.15) is 22.8 Å². The van der Waals surface area contributed by atoms with E-state index in [0.29, 0.717) is 16.8 Å². The first-order chi connectivity index (χ1) is 7.93. The van der Waals surface area contributed by atoms with Gasteiger partial charge in [-0.1, -0.05) is 25.4 Å². The summed E-state index contributed by atoms with van der Waals surface area (Å²) in [6.45, 7) is 5.58. The van der Waals surface area contributed by atoms with Crippen molar-refractivity contribution in [1.29, 1.82) is 0 Å². The van der Waals surface area contributed by atoms with E-state index in [2.05, 4.69) is 15.3 Å². The van der Waals surface area contributed by atoms with Crippen molar-refractivity contribution in [3.8, 4) is 0 Å². The second-order valence-electron chi connectivity index (χ2n) is 4.01. The average molecular weight is 258 g/mol. The van der Waals surface area contributed by atoms with Gasteiger partial charge in [0.25, 0.3) is 0 Å². The third kappa shape index (κ3) is 3.85. The maximum absolute atomic E-state index is 11.6. The first-order valence-corrected chi connectivity index (χ1v) is 5.67. The minimum Gasteiger partial charge on any atom is -0.467 e. The number of methoxy groups -OCH3 is 1. The Hall–Kier alpha value is -1.36. The zero-order valence-electron chi connectivity index (χ0n) is 10.3. The zero-order chi connectivity index (χ0) is 13.0. The van der Waals surface area contributed by atoms with E-state index in [1.165, 1.54) is 7.11 Å². The normalized spacial score (nSPS) is 12.4. The van der Waals surface area contributed by atoms with Gasteiger partial charge in [-0.3, -0.25) is 0 Å². The predicted octanol–water partition coefficient (Wildman–Crippen LogP) is 2.05. The van der Waals surface area contributed by atoms with Gasteiger partial charge in [-0.15, -0.1) is 0 Å². The van der Waals surface area contributed by atoms with Crippen LogP contribution < -0.4 is 5.32 Å². The van der Waals surface area contributed by atoms with Crippen LogP contribution in [0.5, 0.6) is 0 Å². The Morgan fingerprint density at radius 1 is 1.47 bits per heavy atom. The molecule has 0 aromatic carbocycles. The van der Waals surface area contributed by atoms with E-state index in [1.54, 1.807) is 13.0 Å². The Labute approximate surface area is 106 Å². The van der Waals surface area contributed by atoms with E-state index in [9.17, 15) is 4.79 Å². The average Bonchev–Trinajstić information content (AvgIpc) is 2.23. The molecule has 0 saturated carbocycles. The van der Waals surface area contributed by atoms with E-state index in [1.807, 2.05) is 13.8 Å². The summed E-state index contributed by atoms with van der Waals surface area (Å²) < 4.78 is 4.73. The fourth-order valence-corrected chi connectivity index (χ4v) is 1.61. The van der Waals surface area contributed by atoms with Gasteiger partial charge in [0.05, 0.1) is 7.11 Å². The Kier molecular flexibility index (Phi) is 4.69. The van der Waals surface area contributed by atoms with Gasteiger partial charge < -0.3 is 10.1 Å². The third-order valence-electron chi connectivity index (χ3n) is 2.23. The molecular formula is C11H16ClN3O2. The zero-order valence-corrected chi connectivity index (χ0v) is 11.1. The fraction of sp³-hybridized carbons (Fsp3) is 0.545. The molecule has 1 aromatic heterocycles. The minimum absolute atomic E-state index is 0.0801. The van der Waals surface area contributed by atoms with Crippen LogP contribution in [0.25, 0.3) is 0 Å². The van der Waals surface area contributed by atoms with Crippen LogP contribution in [0, 0.1) is 12.8 Å². The van der Waals surface area contributed by atoms with Crippen LogP contribution in [0.2, 0.25) is 5.15 Å². The molecule has 0 aliphatic carbocycles. The van der Waals surface area contributed by atoms with Crippen molar-refractivity contribution in [2.45, 2.75) is 26.8 Å². The van der Waals surface area contributed by atoms with Gasteiger partial charge in [0.2, 0.25) is 0 Å². The highest BCUT2D eigenvalue weighted by atomic mass is 35.5. The molecule has 1 aromatic rings. The summed E-state index contributed by atoms with van der Waals surface area (Å²) in [6.07, 6.45) is 0. The molecule has 0 amide bonds. The number of aryl methyl sites for hydroxylation is 1. The molecule has 0 saturated heterocycles. The third-order valence-corrected chi connectivity index (χ3v) is 2.43. The summed E-state index contributed by atoms with van der Waals surface area (Å²) in [5, 5.41) is 3.34. The first-order valence-electron chi connectivity index (χ1n) is 5.29. The standard InChI is InChI=1S/C11H16ClN3O2/c1-6(2)10(11(16)17-4)15-9-5-8(12)13-7(3)14-9/h5-6,10H,1-4H3,(H,13,14,15)/t10-/m1/s1. The van der Waals surface area contributed by atoms with Crippen LogP contribution in [-0.2, 0) is 9.53 Å². The number of nitrogens with zero attached hydrogens (tertiary/aromatic N) is 2. The number of aromatic nitrogens is 2. The molecule has 94 valence electrons. The molecule has 0 unspecified atom stereocenters. The van der Waals surface area contributed by atoms with Crippen molar-refractivity contribution in [2.75, 3.05) is 12.4 Å². The van der Waals surface area contributed by atoms with Gasteiger partial charge >= 0.3 is 5.97 Å². The number of hydrogen-bond donors (Lipinski definition) is 1. The lowest BCUT2D eigenvalue weighted by molar-refractivity contribution is -0.142. The Bertz CT molecular complexity index is 389. The van der Waals surface area contributed by atoms with Crippen molar-refractivity contribution >= 4 is 23.4 Å². The lowest BCUT2D eigenvalue weighted by atomic mass is 10.0. The monoisotopic (exact) mass is 257 g/mol. The second kappa shape index (κ2) is 5.82. The molecule has 0 spiro atoms. The lowest BCUT2D eigenvalue weighted by Gasteiger charge is -2.20. The molecule has 0 aliphatic heterocycles. The number of hydrogen-bond acceptors (Lipinski definition) is 5. The van der Waals surface area contributed by atoms with E-state index < -0.39 is 6.04 Å². The highest BCUT2D eigenvalue weighted by molar-refractivity contribution is 6.29. The highest BCUT2D eigenvalue weighted by Gasteiger charge is 2.23. The maximum atomic E-state index is 11.6.